The van der Waals surface area contributed by atoms with Crippen molar-refractivity contribution in [3.05, 3.63) is 22.7 Å². The number of likely N-dealkylation sites (tertiary alicyclic amines) is 2. The third kappa shape index (κ3) is 3.59. The number of halogens is 1. The van der Waals surface area contributed by atoms with Gasteiger partial charge in [-0.25, -0.2) is 0 Å². The molecule has 0 aromatic heterocycles. The van der Waals surface area contributed by atoms with Crippen LogP contribution in [0.1, 0.15) is 31.7 Å². The summed E-state index contributed by atoms with van der Waals surface area (Å²) in [6.45, 7) is 6.77. The van der Waals surface area contributed by atoms with Crippen LogP contribution in [0.4, 0.5) is 0 Å². The minimum Gasteiger partial charge on any atom is -0.493 e. The summed E-state index contributed by atoms with van der Waals surface area (Å²) in [5.74, 6) is 1.43. The Kier molecular flexibility index (Phi) is 5.34. The van der Waals surface area contributed by atoms with Crippen molar-refractivity contribution in [2.75, 3.05) is 33.9 Å². The second-order valence-corrected chi connectivity index (χ2v) is 7.14. The molecule has 2 saturated heterocycles. The molecule has 2 heterocycles. The molecule has 0 spiro atoms. The van der Waals surface area contributed by atoms with Crippen LogP contribution in [-0.4, -0.2) is 55.7 Å². The molecule has 2 fully saturated rings. The minimum atomic E-state index is 0.685. The zero-order valence-corrected chi connectivity index (χ0v) is 15.1. The summed E-state index contributed by atoms with van der Waals surface area (Å²) in [7, 11) is 3.29. The highest BCUT2D eigenvalue weighted by molar-refractivity contribution is 6.31. The summed E-state index contributed by atoms with van der Waals surface area (Å²) in [6, 6.07) is 5.29. The maximum Gasteiger partial charge on any atom is 0.162 e. The fourth-order valence-corrected chi connectivity index (χ4v) is 4.02. The van der Waals surface area contributed by atoms with Gasteiger partial charge in [0.15, 0.2) is 11.5 Å². The zero-order chi connectivity index (χ0) is 16.4. The van der Waals surface area contributed by atoms with Crippen LogP contribution in [0.15, 0.2) is 12.1 Å². The molecule has 1 atom stereocenters. The minimum absolute atomic E-state index is 0.685. The molecule has 2 aliphatic heterocycles. The first-order chi connectivity index (χ1) is 11.1. The summed E-state index contributed by atoms with van der Waals surface area (Å²) in [5, 5.41) is 0.748. The Balaban J connectivity index is 1.59. The normalized spacial score (nSPS) is 23.6. The highest BCUT2D eigenvalue weighted by Gasteiger charge is 2.35. The van der Waals surface area contributed by atoms with E-state index in [1.54, 1.807) is 14.2 Å². The lowest BCUT2D eigenvalue weighted by Gasteiger charge is -2.49. The van der Waals surface area contributed by atoms with Gasteiger partial charge in [-0.15, -0.1) is 0 Å². The summed E-state index contributed by atoms with van der Waals surface area (Å²) in [5.41, 5.74) is 1.11. The molecular weight excluding hydrogens is 312 g/mol. The SMILES string of the molecule is COc1cc(Cl)c(CN2CC(N3CCCCC3C)C2)cc1OC. The highest BCUT2D eigenvalue weighted by Crippen LogP contribution is 2.34. The molecule has 128 valence electrons. The molecule has 0 aliphatic carbocycles. The molecule has 0 saturated carbocycles. The van der Waals surface area contributed by atoms with Crippen molar-refractivity contribution in [3.63, 3.8) is 0 Å². The Bertz CT molecular complexity index is 546. The van der Waals surface area contributed by atoms with E-state index >= 15 is 0 Å². The third-order valence-corrected chi connectivity index (χ3v) is 5.56. The summed E-state index contributed by atoms with van der Waals surface area (Å²) in [6.07, 6.45) is 4.08. The molecule has 0 radical (unpaired) electrons. The molecule has 0 amide bonds. The quantitative estimate of drug-likeness (QED) is 0.821. The van der Waals surface area contributed by atoms with Crippen LogP contribution < -0.4 is 9.47 Å². The number of hydrogen-bond acceptors (Lipinski definition) is 4. The van der Waals surface area contributed by atoms with E-state index in [1.807, 2.05) is 12.1 Å². The van der Waals surface area contributed by atoms with Gasteiger partial charge in [0.25, 0.3) is 0 Å². The van der Waals surface area contributed by atoms with Crippen molar-refractivity contribution in [2.24, 2.45) is 0 Å². The van der Waals surface area contributed by atoms with Gasteiger partial charge in [-0.2, -0.15) is 0 Å². The number of nitrogens with zero attached hydrogens (tertiary/aromatic N) is 2. The summed E-state index contributed by atoms with van der Waals surface area (Å²) >= 11 is 6.40. The predicted octanol–water partition coefficient (Wildman–Crippen LogP) is 3.42. The van der Waals surface area contributed by atoms with Crippen molar-refractivity contribution in [1.29, 1.82) is 0 Å². The van der Waals surface area contributed by atoms with E-state index in [0.717, 1.165) is 42.0 Å². The van der Waals surface area contributed by atoms with Gasteiger partial charge in [0.2, 0.25) is 0 Å². The molecule has 2 aliphatic rings. The summed E-state index contributed by atoms with van der Waals surface area (Å²) in [4.78, 5) is 5.15. The molecule has 23 heavy (non-hydrogen) atoms. The Labute approximate surface area is 144 Å². The van der Waals surface area contributed by atoms with Crippen molar-refractivity contribution < 1.29 is 9.47 Å². The lowest BCUT2D eigenvalue weighted by Crippen LogP contribution is -2.61. The number of hydrogen-bond donors (Lipinski definition) is 0. The Morgan fingerprint density at radius 3 is 2.48 bits per heavy atom. The highest BCUT2D eigenvalue weighted by atomic mass is 35.5. The van der Waals surface area contributed by atoms with Crippen molar-refractivity contribution in [2.45, 2.75) is 44.8 Å². The molecule has 1 unspecified atom stereocenters. The first-order valence-corrected chi connectivity index (χ1v) is 8.88. The second kappa shape index (κ2) is 7.29. The van der Waals surface area contributed by atoms with E-state index in [2.05, 4.69) is 16.7 Å². The van der Waals surface area contributed by atoms with Gasteiger partial charge in [-0.3, -0.25) is 9.80 Å². The van der Waals surface area contributed by atoms with Gasteiger partial charge >= 0.3 is 0 Å². The van der Waals surface area contributed by atoms with Crippen LogP contribution in [0.2, 0.25) is 5.02 Å². The van der Waals surface area contributed by atoms with E-state index in [0.29, 0.717) is 11.8 Å². The first kappa shape index (κ1) is 16.9. The summed E-state index contributed by atoms with van der Waals surface area (Å²) < 4.78 is 10.7. The first-order valence-electron chi connectivity index (χ1n) is 8.51. The van der Waals surface area contributed by atoms with Gasteiger partial charge in [0.05, 0.1) is 14.2 Å². The third-order valence-electron chi connectivity index (χ3n) is 5.21. The average Bonchev–Trinajstić information content (AvgIpc) is 2.52. The van der Waals surface area contributed by atoms with Crippen LogP contribution in [-0.2, 0) is 6.54 Å². The van der Waals surface area contributed by atoms with Crippen LogP contribution in [0.25, 0.3) is 0 Å². The largest absolute Gasteiger partial charge is 0.493 e. The van der Waals surface area contributed by atoms with E-state index < -0.39 is 0 Å². The number of ether oxygens (including phenoxy) is 2. The Morgan fingerprint density at radius 2 is 1.83 bits per heavy atom. The van der Waals surface area contributed by atoms with Crippen LogP contribution in [0, 0.1) is 0 Å². The van der Waals surface area contributed by atoms with Crippen LogP contribution in [0.5, 0.6) is 11.5 Å². The Morgan fingerprint density at radius 1 is 1.13 bits per heavy atom. The lowest BCUT2D eigenvalue weighted by atomic mass is 9.97. The monoisotopic (exact) mass is 338 g/mol. The van der Waals surface area contributed by atoms with E-state index in [-0.39, 0.29) is 0 Å². The Hall–Kier alpha value is -0.970. The van der Waals surface area contributed by atoms with Gasteiger partial charge < -0.3 is 9.47 Å². The number of piperidine rings is 1. The fraction of sp³-hybridized carbons (Fsp3) is 0.667. The lowest BCUT2D eigenvalue weighted by molar-refractivity contribution is -0.00621. The molecule has 0 N–H and O–H groups in total. The molecule has 1 aromatic carbocycles. The van der Waals surface area contributed by atoms with Crippen molar-refractivity contribution in [3.8, 4) is 11.5 Å². The van der Waals surface area contributed by atoms with Gasteiger partial charge in [-0.05, 0) is 37.9 Å². The van der Waals surface area contributed by atoms with Crippen molar-refractivity contribution >= 4 is 11.6 Å². The number of methoxy groups -OCH3 is 2. The van der Waals surface area contributed by atoms with E-state index in [4.69, 9.17) is 21.1 Å². The maximum atomic E-state index is 6.40. The molecule has 1 aromatic rings. The van der Waals surface area contributed by atoms with Crippen LogP contribution >= 0.6 is 11.6 Å². The van der Waals surface area contributed by atoms with Gasteiger partial charge in [-0.1, -0.05) is 18.0 Å². The molecule has 5 heteroatoms. The number of benzene rings is 1. The smallest absolute Gasteiger partial charge is 0.162 e. The van der Waals surface area contributed by atoms with E-state index in [9.17, 15) is 0 Å². The molecular formula is C18H27ClN2O2. The molecule has 3 rings (SSSR count). The van der Waals surface area contributed by atoms with Crippen molar-refractivity contribution in [1.82, 2.24) is 9.80 Å². The average molecular weight is 339 g/mol. The predicted molar refractivity (Wildman–Crippen MR) is 93.6 cm³/mol. The second-order valence-electron chi connectivity index (χ2n) is 6.73. The number of rotatable bonds is 5. The molecule has 4 nitrogen and oxygen atoms in total. The van der Waals surface area contributed by atoms with E-state index in [1.165, 1.54) is 25.8 Å². The molecule has 0 bridgehead atoms. The van der Waals surface area contributed by atoms with Gasteiger partial charge in [0.1, 0.15) is 0 Å². The zero-order valence-electron chi connectivity index (χ0n) is 14.3. The maximum absolute atomic E-state index is 6.40. The van der Waals surface area contributed by atoms with Crippen LogP contribution in [0.3, 0.4) is 0 Å². The topological polar surface area (TPSA) is 24.9 Å². The van der Waals surface area contributed by atoms with Gasteiger partial charge in [0, 0.05) is 42.8 Å². The fourth-order valence-electron chi connectivity index (χ4n) is 3.80. The standard InChI is InChI=1S/C18H27ClN2O2/c1-13-6-4-5-7-21(13)15-11-20(12-15)10-14-8-17(22-2)18(23-3)9-16(14)19/h8-9,13,15H,4-7,10-12H2,1-3H3.